The van der Waals surface area contributed by atoms with E-state index in [1.54, 1.807) is 12.1 Å². The summed E-state index contributed by atoms with van der Waals surface area (Å²) in [4.78, 5) is 26.1. The normalized spacial score (nSPS) is 13.9. The molecule has 3 aromatic carbocycles. The van der Waals surface area contributed by atoms with E-state index in [1.807, 2.05) is 12.1 Å². The average Bonchev–Trinajstić information content (AvgIpc) is 2.95. The van der Waals surface area contributed by atoms with Gasteiger partial charge in [-0.3, -0.25) is 24.1 Å². The number of carbonyl (C=O) groups is 1. The maximum absolute atomic E-state index is 13.7. The maximum atomic E-state index is 13.7. The van der Waals surface area contributed by atoms with Gasteiger partial charge in [-0.1, -0.05) is 36.8 Å². The lowest BCUT2D eigenvalue weighted by Gasteiger charge is -2.26. The Kier molecular flexibility index (Phi) is 9.38. The Balaban J connectivity index is 1.52. The molecule has 1 aliphatic rings. The van der Waals surface area contributed by atoms with E-state index in [-0.39, 0.29) is 22.8 Å². The smallest absolute Gasteiger partial charge is 0.273 e. The Labute approximate surface area is 234 Å². The van der Waals surface area contributed by atoms with Gasteiger partial charge in [-0.25, -0.2) is 8.42 Å². The second-order valence-electron chi connectivity index (χ2n) is 9.85. The molecule has 0 saturated carbocycles. The molecule has 0 radical (unpaired) electrons. The molecule has 0 bridgehead atoms. The van der Waals surface area contributed by atoms with Gasteiger partial charge >= 0.3 is 0 Å². The van der Waals surface area contributed by atoms with E-state index in [4.69, 9.17) is 4.74 Å². The second-order valence-corrected chi connectivity index (χ2v) is 11.7. The van der Waals surface area contributed by atoms with Crippen LogP contribution in [0, 0.1) is 17.0 Å². The Morgan fingerprint density at radius 2 is 1.73 bits per heavy atom. The molecule has 0 unspecified atom stereocenters. The zero-order chi connectivity index (χ0) is 28.7. The third-order valence-electron chi connectivity index (χ3n) is 6.95. The van der Waals surface area contributed by atoms with Crippen molar-refractivity contribution in [2.75, 3.05) is 31.0 Å². The van der Waals surface area contributed by atoms with Crippen molar-refractivity contribution < 1.29 is 22.9 Å². The molecular formula is C29H34N4O6S. The van der Waals surface area contributed by atoms with Gasteiger partial charge in [-0.05, 0) is 74.3 Å². The van der Waals surface area contributed by atoms with E-state index in [9.17, 15) is 23.3 Å². The summed E-state index contributed by atoms with van der Waals surface area (Å²) in [5.41, 5.74) is 2.32. The van der Waals surface area contributed by atoms with Crippen LogP contribution in [0.25, 0.3) is 0 Å². The van der Waals surface area contributed by atoms with Crippen LogP contribution in [0.1, 0.15) is 36.0 Å². The number of nitro groups is 1. The molecule has 1 saturated heterocycles. The molecule has 0 aliphatic carbocycles. The van der Waals surface area contributed by atoms with Gasteiger partial charge in [0.05, 0.1) is 22.6 Å². The zero-order valence-electron chi connectivity index (χ0n) is 22.7. The average molecular weight is 567 g/mol. The van der Waals surface area contributed by atoms with Gasteiger partial charge in [0.2, 0.25) is 5.91 Å². The Morgan fingerprint density at radius 1 is 1.02 bits per heavy atom. The summed E-state index contributed by atoms with van der Waals surface area (Å²) in [6, 6.07) is 17.9. The summed E-state index contributed by atoms with van der Waals surface area (Å²) in [6.45, 7) is 4.28. The number of carbonyl (C=O) groups excluding carboxylic acids is 1. The van der Waals surface area contributed by atoms with Crippen LogP contribution in [0.5, 0.6) is 5.75 Å². The fraction of sp³-hybridized carbons (Fsp3) is 0.345. The van der Waals surface area contributed by atoms with Gasteiger partial charge in [0.15, 0.2) is 0 Å². The van der Waals surface area contributed by atoms with Gasteiger partial charge in [-0.15, -0.1) is 0 Å². The molecule has 40 heavy (non-hydrogen) atoms. The predicted molar refractivity (Wildman–Crippen MR) is 153 cm³/mol. The van der Waals surface area contributed by atoms with Crippen molar-refractivity contribution >= 4 is 27.3 Å². The molecule has 1 heterocycles. The van der Waals surface area contributed by atoms with Crippen molar-refractivity contribution in [3.63, 3.8) is 0 Å². The molecule has 11 heteroatoms. The van der Waals surface area contributed by atoms with E-state index < -0.39 is 27.4 Å². The monoisotopic (exact) mass is 566 g/mol. The van der Waals surface area contributed by atoms with E-state index in [2.05, 4.69) is 22.3 Å². The molecule has 1 fully saturated rings. The first kappa shape index (κ1) is 29.0. The first-order valence-corrected chi connectivity index (χ1v) is 14.6. The summed E-state index contributed by atoms with van der Waals surface area (Å²) in [6.07, 6.45) is 3.69. The summed E-state index contributed by atoms with van der Waals surface area (Å²) in [5, 5.41) is 14.3. The fourth-order valence-electron chi connectivity index (χ4n) is 4.74. The van der Waals surface area contributed by atoms with Crippen LogP contribution in [0.15, 0.2) is 71.6 Å². The van der Waals surface area contributed by atoms with Gasteiger partial charge in [0.1, 0.15) is 12.3 Å². The van der Waals surface area contributed by atoms with Crippen LogP contribution in [-0.4, -0.2) is 50.9 Å². The van der Waals surface area contributed by atoms with Crippen LogP contribution >= 0.6 is 0 Å². The van der Waals surface area contributed by atoms with E-state index in [0.717, 1.165) is 41.1 Å². The minimum Gasteiger partial charge on any atom is -0.497 e. The predicted octanol–water partition coefficient (Wildman–Crippen LogP) is 4.41. The standard InChI is InChI=1S/C29H34N4O6S/c1-22-9-14-27(18-28(22)33(35)36)40(37,38)32(25-10-12-26(39-2)13-11-25)21-29(34)30-19-23-7-6-8-24(17-23)20-31-15-4-3-5-16-31/h6-14,17-18H,3-5,15-16,19-21H2,1-2H3,(H,30,34). The lowest BCUT2D eigenvalue weighted by molar-refractivity contribution is -0.385. The number of hydrogen-bond acceptors (Lipinski definition) is 7. The minimum absolute atomic E-state index is 0.225. The van der Waals surface area contributed by atoms with Crippen LogP contribution in [0.2, 0.25) is 0 Å². The lowest BCUT2D eigenvalue weighted by atomic mass is 10.1. The van der Waals surface area contributed by atoms with Crippen LogP contribution in [0.3, 0.4) is 0 Å². The summed E-state index contributed by atoms with van der Waals surface area (Å²) in [5.74, 6) is 0.00314. The molecule has 1 amide bonds. The van der Waals surface area contributed by atoms with Crippen molar-refractivity contribution in [2.45, 2.75) is 44.2 Å². The Morgan fingerprint density at radius 3 is 2.40 bits per heavy atom. The van der Waals surface area contributed by atoms with Crippen molar-refractivity contribution in [3.8, 4) is 5.75 Å². The maximum Gasteiger partial charge on any atom is 0.273 e. The molecule has 1 N–H and O–H groups in total. The first-order valence-electron chi connectivity index (χ1n) is 13.2. The number of nitrogens with one attached hydrogen (secondary N) is 1. The molecule has 4 rings (SSSR count). The number of likely N-dealkylation sites (tertiary alicyclic amines) is 1. The van der Waals surface area contributed by atoms with Gasteiger partial charge < -0.3 is 10.1 Å². The number of benzene rings is 3. The van der Waals surface area contributed by atoms with Gasteiger partial charge in [0.25, 0.3) is 15.7 Å². The van der Waals surface area contributed by atoms with Gasteiger partial charge in [0, 0.05) is 24.7 Å². The Hall–Kier alpha value is -3.96. The summed E-state index contributed by atoms with van der Waals surface area (Å²) >= 11 is 0. The van der Waals surface area contributed by atoms with E-state index >= 15 is 0 Å². The highest BCUT2D eigenvalue weighted by molar-refractivity contribution is 7.92. The number of amides is 1. The highest BCUT2D eigenvalue weighted by atomic mass is 32.2. The topological polar surface area (TPSA) is 122 Å². The van der Waals surface area contributed by atoms with Crippen LogP contribution < -0.4 is 14.4 Å². The van der Waals surface area contributed by atoms with Crippen molar-refractivity contribution in [1.29, 1.82) is 0 Å². The number of nitro benzene ring substituents is 1. The largest absolute Gasteiger partial charge is 0.497 e. The lowest BCUT2D eigenvalue weighted by Crippen LogP contribution is -2.40. The number of aryl methyl sites for hydroxylation is 1. The number of ether oxygens (including phenoxy) is 1. The third kappa shape index (κ3) is 7.16. The quantitative estimate of drug-likeness (QED) is 0.269. The number of nitrogens with zero attached hydrogens (tertiary/aromatic N) is 3. The molecule has 0 atom stereocenters. The van der Waals surface area contributed by atoms with E-state index in [1.165, 1.54) is 57.6 Å². The second kappa shape index (κ2) is 12.9. The van der Waals surface area contributed by atoms with Crippen molar-refractivity contribution in [3.05, 3.63) is 93.5 Å². The molecule has 0 spiro atoms. The summed E-state index contributed by atoms with van der Waals surface area (Å²) < 4.78 is 33.5. The molecule has 0 aromatic heterocycles. The van der Waals surface area contributed by atoms with E-state index in [0.29, 0.717) is 11.3 Å². The first-order chi connectivity index (χ1) is 19.2. The van der Waals surface area contributed by atoms with Crippen LogP contribution in [-0.2, 0) is 27.9 Å². The number of anilines is 1. The zero-order valence-corrected chi connectivity index (χ0v) is 23.5. The molecule has 212 valence electrons. The minimum atomic E-state index is -4.33. The molecule has 10 nitrogen and oxygen atoms in total. The number of methoxy groups -OCH3 is 1. The Bertz CT molecular complexity index is 1450. The van der Waals surface area contributed by atoms with Crippen molar-refractivity contribution in [2.24, 2.45) is 0 Å². The van der Waals surface area contributed by atoms with Crippen LogP contribution in [0.4, 0.5) is 11.4 Å². The number of rotatable bonds is 11. The highest BCUT2D eigenvalue weighted by Crippen LogP contribution is 2.29. The molecule has 1 aliphatic heterocycles. The SMILES string of the molecule is COc1ccc(N(CC(=O)NCc2cccc(CN3CCCCC3)c2)S(=O)(=O)c2ccc(C)c([N+](=O)[O-])c2)cc1. The summed E-state index contributed by atoms with van der Waals surface area (Å²) in [7, 11) is -2.84. The third-order valence-corrected chi connectivity index (χ3v) is 8.72. The molecule has 3 aromatic rings. The number of hydrogen-bond donors (Lipinski definition) is 1. The number of sulfonamides is 1. The highest BCUT2D eigenvalue weighted by Gasteiger charge is 2.29. The molecular weight excluding hydrogens is 532 g/mol. The number of piperidine rings is 1. The van der Waals surface area contributed by atoms with Gasteiger partial charge in [-0.2, -0.15) is 0 Å². The fourth-order valence-corrected chi connectivity index (χ4v) is 6.18. The van der Waals surface area contributed by atoms with Crippen molar-refractivity contribution in [1.82, 2.24) is 10.2 Å².